The Bertz CT molecular complexity index is 928. The van der Waals surface area contributed by atoms with Gasteiger partial charge in [-0.15, -0.1) is 0 Å². The van der Waals surface area contributed by atoms with Crippen LogP contribution in [-0.4, -0.2) is 58.2 Å². The van der Waals surface area contributed by atoms with E-state index >= 15 is 0 Å². The highest BCUT2D eigenvalue weighted by Gasteiger charge is 2.22. The topological polar surface area (TPSA) is 58.4 Å². The number of hydrogen-bond donors (Lipinski definition) is 0. The minimum atomic E-state index is -0.163. The molecule has 0 N–H and O–H groups in total. The van der Waals surface area contributed by atoms with Crippen molar-refractivity contribution in [2.45, 2.75) is 32.2 Å². The molecular weight excluding hydrogens is 364 g/mol. The van der Waals surface area contributed by atoms with Crippen LogP contribution >= 0.6 is 0 Å². The molecule has 6 nitrogen and oxygen atoms in total. The molecular formula is C23H28N4O2. The van der Waals surface area contributed by atoms with Crippen molar-refractivity contribution in [1.82, 2.24) is 19.6 Å². The smallest absolute Gasteiger partial charge is 0.267 e. The molecule has 6 heteroatoms. The molecule has 4 rings (SSSR count). The summed E-state index contributed by atoms with van der Waals surface area (Å²) >= 11 is 0. The van der Waals surface area contributed by atoms with Gasteiger partial charge >= 0.3 is 0 Å². The lowest BCUT2D eigenvalue weighted by Crippen LogP contribution is -2.50. The number of nitrogens with zero attached hydrogens (tertiary/aromatic N) is 4. The maximum absolute atomic E-state index is 12.7. The van der Waals surface area contributed by atoms with Crippen molar-refractivity contribution in [2.24, 2.45) is 0 Å². The molecule has 1 aliphatic carbocycles. The number of fused-ring (bicyclic) bond motifs is 1. The number of piperazine rings is 1. The first-order chi connectivity index (χ1) is 14.2. The Balaban J connectivity index is 1.28. The van der Waals surface area contributed by atoms with E-state index in [4.69, 9.17) is 0 Å². The Morgan fingerprint density at radius 2 is 1.79 bits per heavy atom. The van der Waals surface area contributed by atoms with Crippen LogP contribution in [0.5, 0.6) is 0 Å². The van der Waals surface area contributed by atoms with Crippen LogP contribution in [0.1, 0.15) is 29.7 Å². The predicted octanol–water partition coefficient (Wildman–Crippen LogP) is 1.98. The van der Waals surface area contributed by atoms with Crippen LogP contribution in [0.15, 0.2) is 47.3 Å². The van der Waals surface area contributed by atoms with Crippen molar-refractivity contribution >= 4 is 12.0 Å². The molecule has 1 aromatic carbocycles. The van der Waals surface area contributed by atoms with E-state index in [1.54, 1.807) is 6.07 Å². The molecule has 2 aromatic rings. The maximum Gasteiger partial charge on any atom is 0.267 e. The summed E-state index contributed by atoms with van der Waals surface area (Å²) in [6, 6.07) is 11.9. The van der Waals surface area contributed by atoms with E-state index in [0.717, 1.165) is 56.6 Å². The van der Waals surface area contributed by atoms with E-state index in [9.17, 15) is 9.59 Å². The molecule has 1 aromatic heterocycles. The van der Waals surface area contributed by atoms with Gasteiger partial charge in [0.1, 0.15) is 6.54 Å². The molecule has 1 aliphatic heterocycles. The van der Waals surface area contributed by atoms with Crippen molar-refractivity contribution in [3.8, 4) is 0 Å². The largest absolute Gasteiger partial charge is 0.339 e. The molecule has 0 bridgehead atoms. The van der Waals surface area contributed by atoms with Crippen LogP contribution in [-0.2, 0) is 24.2 Å². The number of benzene rings is 1. The third kappa shape index (κ3) is 5.01. The number of rotatable bonds is 5. The highest BCUT2D eigenvalue weighted by molar-refractivity contribution is 5.76. The molecule has 0 saturated carbocycles. The molecule has 0 radical (unpaired) electrons. The van der Waals surface area contributed by atoms with Crippen LogP contribution in [0.3, 0.4) is 0 Å². The van der Waals surface area contributed by atoms with Gasteiger partial charge in [-0.25, -0.2) is 4.68 Å². The number of carbonyl (C=O) groups excluding carboxylic acids is 1. The zero-order chi connectivity index (χ0) is 20.1. The van der Waals surface area contributed by atoms with Crippen LogP contribution < -0.4 is 5.56 Å². The quantitative estimate of drug-likeness (QED) is 0.781. The van der Waals surface area contributed by atoms with Crippen molar-refractivity contribution in [2.75, 3.05) is 32.7 Å². The van der Waals surface area contributed by atoms with Crippen molar-refractivity contribution in [1.29, 1.82) is 0 Å². The lowest BCUT2D eigenvalue weighted by molar-refractivity contribution is -0.133. The molecule has 152 valence electrons. The zero-order valence-electron chi connectivity index (χ0n) is 16.8. The third-order valence-electron chi connectivity index (χ3n) is 5.76. The van der Waals surface area contributed by atoms with Gasteiger partial charge in [-0.3, -0.25) is 14.5 Å². The average Bonchev–Trinajstić information content (AvgIpc) is 2.75. The molecule has 1 saturated heterocycles. The van der Waals surface area contributed by atoms with E-state index in [1.165, 1.54) is 10.2 Å². The predicted molar refractivity (Wildman–Crippen MR) is 114 cm³/mol. The zero-order valence-corrected chi connectivity index (χ0v) is 16.8. The van der Waals surface area contributed by atoms with Gasteiger partial charge in [-0.1, -0.05) is 42.5 Å². The third-order valence-corrected chi connectivity index (χ3v) is 5.76. The fourth-order valence-electron chi connectivity index (χ4n) is 4.02. The van der Waals surface area contributed by atoms with Crippen molar-refractivity contribution in [3.63, 3.8) is 0 Å². The Morgan fingerprint density at radius 3 is 2.59 bits per heavy atom. The normalized spacial score (nSPS) is 17.4. The van der Waals surface area contributed by atoms with Crippen molar-refractivity contribution in [3.05, 3.63) is 69.6 Å². The van der Waals surface area contributed by atoms with Gasteiger partial charge in [0.2, 0.25) is 5.91 Å². The second-order valence-electron chi connectivity index (χ2n) is 7.81. The molecule has 1 fully saturated rings. The van der Waals surface area contributed by atoms with E-state index < -0.39 is 0 Å². The first-order valence-electron chi connectivity index (χ1n) is 10.5. The SMILES string of the molecule is O=C(Cn1nc2c(cc1=O)CCCC2)N1CCN(C/C=C/c2ccccc2)CC1. The Morgan fingerprint density at radius 1 is 1.03 bits per heavy atom. The van der Waals surface area contributed by atoms with Gasteiger partial charge in [0, 0.05) is 38.8 Å². The lowest BCUT2D eigenvalue weighted by atomic mass is 9.97. The van der Waals surface area contributed by atoms with Crippen LogP contribution in [0.2, 0.25) is 0 Å². The second kappa shape index (κ2) is 9.18. The van der Waals surface area contributed by atoms with Crippen molar-refractivity contribution < 1.29 is 4.79 Å². The summed E-state index contributed by atoms with van der Waals surface area (Å²) in [7, 11) is 0. The molecule has 0 spiro atoms. The molecule has 0 unspecified atom stereocenters. The molecule has 1 amide bonds. The Kier molecular flexibility index (Phi) is 6.20. The minimum absolute atomic E-state index is 0.0187. The average molecular weight is 393 g/mol. The molecule has 0 atom stereocenters. The molecule has 29 heavy (non-hydrogen) atoms. The summed E-state index contributed by atoms with van der Waals surface area (Å²) in [5.41, 5.74) is 3.08. The summed E-state index contributed by atoms with van der Waals surface area (Å²) < 4.78 is 1.35. The fourth-order valence-corrected chi connectivity index (χ4v) is 4.02. The van der Waals surface area contributed by atoms with Gasteiger partial charge in [-0.05, 0) is 36.8 Å². The van der Waals surface area contributed by atoms with E-state index in [-0.39, 0.29) is 18.0 Å². The van der Waals surface area contributed by atoms with Crippen LogP contribution in [0, 0.1) is 0 Å². The fraction of sp³-hybridized carbons (Fsp3) is 0.435. The van der Waals surface area contributed by atoms with Gasteiger partial charge < -0.3 is 4.90 Å². The first kappa shape index (κ1) is 19.6. The van der Waals surface area contributed by atoms with Crippen LogP contribution in [0.25, 0.3) is 6.08 Å². The van der Waals surface area contributed by atoms with E-state index in [1.807, 2.05) is 23.1 Å². The standard InChI is InChI=1S/C23H28N4O2/c28-22-17-20-10-4-5-11-21(20)24-27(22)18-23(29)26-15-13-25(14-16-26)12-6-9-19-7-2-1-3-8-19/h1-3,6-9,17H,4-5,10-16,18H2/b9-6+. The summed E-state index contributed by atoms with van der Waals surface area (Å²) in [5.74, 6) is -0.0187. The second-order valence-corrected chi connectivity index (χ2v) is 7.81. The highest BCUT2D eigenvalue weighted by Crippen LogP contribution is 2.17. The van der Waals surface area contributed by atoms with E-state index in [2.05, 4.69) is 34.3 Å². The number of hydrogen-bond acceptors (Lipinski definition) is 4. The Hall–Kier alpha value is -2.73. The van der Waals surface area contributed by atoms with Gasteiger partial charge in [-0.2, -0.15) is 5.10 Å². The summed E-state index contributed by atoms with van der Waals surface area (Å²) in [6.07, 6.45) is 8.34. The summed E-state index contributed by atoms with van der Waals surface area (Å²) in [6.45, 7) is 3.99. The monoisotopic (exact) mass is 392 g/mol. The maximum atomic E-state index is 12.7. The first-order valence-corrected chi connectivity index (χ1v) is 10.5. The summed E-state index contributed by atoms with van der Waals surface area (Å²) in [5, 5.41) is 4.47. The van der Waals surface area contributed by atoms with Crippen LogP contribution in [0.4, 0.5) is 0 Å². The lowest BCUT2D eigenvalue weighted by Gasteiger charge is -2.34. The van der Waals surface area contributed by atoms with Gasteiger partial charge in [0.15, 0.2) is 0 Å². The summed E-state index contributed by atoms with van der Waals surface area (Å²) in [4.78, 5) is 29.2. The van der Waals surface area contributed by atoms with Gasteiger partial charge in [0.05, 0.1) is 5.69 Å². The van der Waals surface area contributed by atoms with Gasteiger partial charge in [0.25, 0.3) is 5.56 Å². The minimum Gasteiger partial charge on any atom is -0.339 e. The highest BCUT2D eigenvalue weighted by atomic mass is 16.2. The Labute approximate surface area is 171 Å². The molecule has 2 heterocycles. The molecule has 2 aliphatic rings. The number of amides is 1. The van der Waals surface area contributed by atoms with E-state index in [0.29, 0.717) is 13.1 Å². The number of aryl methyl sites for hydroxylation is 2. The number of carbonyl (C=O) groups is 1. The number of aromatic nitrogens is 2.